The van der Waals surface area contributed by atoms with Gasteiger partial charge in [-0.3, -0.25) is 14.5 Å². The number of carbonyl (C=O) groups excluding carboxylic acids is 2. The minimum absolute atomic E-state index is 0.111. The predicted octanol–water partition coefficient (Wildman–Crippen LogP) is 1.57. The summed E-state index contributed by atoms with van der Waals surface area (Å²) in [4.78, 5) is 32.9. The number of carbonyl (C=O) groups is 2. The Morgan fingerprint density at radius 3 is 2.61 bits per heavy atom. The molecular formula is C17H25N3O2S. The third kappa shape index (κ3) is 3.58. The van der Waals surface area contributed by atoms with Gasteiger partial charge in [-0.15, -0.1) is 11.3 Å². The van der Waals surface area contributed by atoms with Gasteiger partial charge in [-0.05, 0) is 19.1 Å². The summed E-state index contributed by atoms with van der Waals surface area (Å²) >= 11 is 1.83. The highest BCUT2D eigenvalue weighted by Crippen LogP contribution is 2.35. The average molecular weight is 335 g/mol. The standard InChI is InChI=1S/C17H25N3O2S/c1-13-4-5-15(23-13)9-19-6-7-20(14(2)21)12-17(11-19)8-16(22)18(3)10-17/h4-5H,6-12H2,1-3H3/t17-/m1/s1. The number of hydrogen-bond acceptors (Lipinski definition) is 4. The lowest BCUT2D eigenvalue weighted by molar-refractivity contribution is -0.130. The molecule has 126 valence electrons. The van der Waals surface area contributed by atoms with Gasteiger partial charge in [0.25, 0.3) is 0 Å². The van der Waals surface area contributed by atoms with E-state index in [1.54, 1.807) is 6.92 Å². The van der Waals surface area contributed by atoms with E-state index < -0.39 is 0 Å². The van der Waals surface area contributed by atoms with Crippen molar-refractivity contribution < 1.29 is 9.59 Å². The maximum Gasteiger partial charge on any atom is 0.223 e. The van der Waals surface area contributed by atoms with Gasteiger partial charge in [-0.1, -0.05) is 0 Å². The molecule has 0 radical (unpaired) electrons. The zero-order valence-corrected chi connectivity index (χ0v) is 15.0. The second kappa shape index (κ2) is 6.24. The molecule has 3 rings (SSSR count). The Labute approximate surface area is 141 Å². The van der Waals surface area contributed by atoms with E-state index in [4.69, 9.17) is 0 Å². The van der Waals surface area contributed by atoms with Crippen molar-refractivity contribution in [1.82, 2.24) is 14.7 Å². The van der Waals surface area contributed by atoms with Crippen molar-refractivity contribution in [1.29, 1.82) is 0 Å². The zero-order valence-electron chi connectivity index (χ0n) is 14.2. The number of hydrogen-bond donors (Lipinski definition) is 0. The Morgan fingerprint density at radius 1 is 1.26 bits per heavy atom. The van der Waals surface area contributed by atoms with E-state index in [0.29, 0.717) is 13.0 Å². The van der Waals surface area contributed by atoms with Crippen molar-refractivity contribution in [2.75, 3.05) is 39.8 Å². The van der Waals surface area contributed by atoms with Crippen LogP contribution in [-0.4, -0.2) is 66.3 Å². The molecule has 0 bridgehead atoms. The molecule has 0 unspecified atom stereocenters. The highest BCUT2D eigenvalue weighted by molar-refractivity contribution is 7.11. The number of likely N-dealkylation sites (tertiary alicyclic amines) is 1. The van der Waals surface area contributed by atoms with Crippen molar-refractivity contribution in [2.45, 2.75) is 26.8 Å². The van der Waals surface area contributed by atoms with Crippen molar-refractivity contribution >= 4 is 23.2 Å². The fraction of sp³-hybridized carbons (Fsp3) is 0.647. The van der Waals surface area contributed by atoms with Gasteiger partial charge < -0.3 is 9.80 Å². The van der Waals surface area contributed by atoms with Crippen molar-refractivity contribution in [2.24, 2.45) is 5.41 Å². The molecule has 1 atom stereocenters. The molecule has 3 heterocycles. The molecule has 2 aliphatic heterocycles. The van der Waals surface area contributed by atoms with Crippen LogP contribution in [0.1, 0.15) is 23.1 Å². The maximum absolute atomic E-state index is 12.1. The highest BCUT2D eigenvalue weighted by Gasteiger charge is 2.45. The molecule has 2 saturated heterocycles. The van der Waals surface area contributed by atoms with E-state index in [9.17, 15) is 9.59 Å². The quantitative estimate of drug-likeness (QED) is 0.824. The first-order valence-corrected chi connectivity index (χ1v) is 8.96. The van der Waals surface area contributed by atoms with Crippen LogP contribution in [0.15, 0.2) is 12.1 Å². The maximum atomic E-state index is 12.1. The SMILES string of the molecule is CC(=O)N1CCN(Cc2ccc(C)s2)C[C@]2(CC(=O)N(C)C2)C1. The van der Waals surface area contributed by atoms with Gasteiger partial charge in [0.05, 0.1) is 0 Å². The monoisotopic (exact) mass is 335 g/mol. The van der Waals surface area contributed by atoms with Gasteiger partial charge in [-0.25, -0.2) is 0 Å². The van der Waals surface area contributed by atoms with E-state index in [2.05, 4.69) is 24.0 Å². The number of thiophene rings is 1. The fourth-order valence-corrected chi connectivity index (χ4v) is 4.79. The Balaban J connectivity index is 1.80. The Hall–Kier alpha value is -1.40. The minimum Gasteiger partial charge on any atom is -0.345 e. The van der Waals surface area contributed by atoms with Crippen LogP contribution < -0.4 is 0 Å². The van der Waals surface area contributed by atoms with Crippen molar-refractivity contribution in [3.63, 3.8) is 0 Å². The summed E-state index contributed by atoms with van der Waals surface area (Å²) in [6.07, 6.45) is 0.549. The first-order chi connectivity index (χ1) is 10.9. The molecule has 2 amide bonds. The molecule has 1 spiro atoms. The summed E-state index contributed by atoms with van der Waals surface area (Å²) in [6, 6.07) is 4.34. The van der Waals surface area contributed by atoms with Crippen LogP contribution in [0.4, 0.5) is 0 Å². The molecule has 23 heavy (non-hydrogen) atoms. The van der Waals surface area contributed by atoms with Gasteiger partial charge in [0.2, 0.25) is 11.8 Å². The number of rotatable bonds is 2. The second-order valence-corrected chi connectivity index (χ2v) is 8.46. The van der Waals surface area contributed by atoms with E-state index in [0.717, 1.165) is 32.7 Å². The van der Waals surface area contributed by atoms with Gasteiger partial charge in [0, 0.05) is 74.8 Å². The van der Waals surface area contributed by atoms with Crippen molar-refractivity contribution in [3.05, 3.63) is 21.9 Å². The van der Waals surface area contributed by atoms with Gasteiger partial charge in [0.1, 0.15) is 0 Å². The second-order valence-electron chi connectivity index (χ2n) is 7.09. The van der Waals surface area contributed by atoms with Crippen LogP contribution in [-0.2, 0) is 16.1 Å². The van der Waals surface area contributed by atoms with E-state index in [1.807, 2.05) is 28.2 Å². The highest BCUT2D eigenvalue weighted by atomic mass is 32.1. The van der Waals surface area contributed by atoms with E-state index in [1.165, 1.54) is 9.75 Å². The first kappa shape index (κ1) is 16.5. The Morgan fingerprint density at radius 2 is 2.04 bits per heavy atom. The summed E-state index contributed by atoms with van der Waals surface area (Å²) in [7, 11) is 1.87. The molecule has 2 aliphatic rings. The third-order valence-corrected chi connectivity index (χ3v) is 5.90. The van der Waals surface area contributed by atoms with Crippen LogP contribution in [0.2, 0.25) is 0 Å². The largest absolute Gasteiger partial charge is 0.345 e. The van der Waals surface area contributed by atoms with Crippen LogP contribution in [0, 0.1) is 12.3 Å². The van der Waals surface area contributed by atoms with Crippen molar-refractivity contribution in [3.8, 4) is 0 Å². The Kier molecular flexibility index (Phi) is 4.47. The van der Waals surface area contributed by atoms with Crippen LogP contribution in [0.3, 0.4) is 0 Å². The molecule has 2 fully saturated rings. The smallest absolute Gasteiger partial charge is 0.223 e. The molecule has 0 N–H and O–H groups in total. The van der Waals surface area contributed by atoms with E-state index in [-0.39, 0.29) is 17.2 Å². The number of amides is 2. The molecule has 0 saturated carbocycles. The van der Waals surface area contributed by atoms with Gasteiger partial charge >= 0.3 is 0 Å². The molecule has 6 heteroatoms. The van der Waals surface area contributed by atoms with Gasteiger partial charge in [0.15, 0.2) is 0 Å². The molecule has 0 aliphatic carbocycles. The zero-order chi connectivity index (χ0) is 16.6. The predicted molar refractivity (Wildman–Crippen MR) is 91.3 cm³/mol. The lowest BCUT2D eigenvalue weighted by Crippen LogP contribution is -2.43. The average Bonchev–Trinajstić information content (AvgIpc) is 2.91. The van der Waals surface area contributed by atoms with E-state index >= 15 is 0 Å². The van der Waals surface area contributed by atoms with Crippen LogP contribution in [0.5, 0.6) is 0 Å². The minimum atomic E-state index is -0.125. The summed E-state index contributed by atoms with van der Waals surface area (Å²) in [5.41, 5.74) is -0.125. The molecular weight excluding hydrogens is 310 g/mol. The third-order valence-electron chi connectivity index (χ3n) is 4.92. The number of aryl methyl sites for hydroxylation is 1. The first-order valence-electron chi connectivity index (χ1n) is 8.14. The van der Waals surface area contributed by atoms with Gasteiger partial charge in [-0.2, -0.15) is 0 Å². The lowest BCUT2D eigenvalue weighted by Gasteiger charge is -2.33. The Bertz CT molecular complexity index is 615. The molecule has 0 aromatic carbocycles. The summed E-state index contributed by atoms with van der Waals surface area (Å²) in [6.45, 7) is 8.60. The fourth-order valence-electron chi connectivity index (χ4n) is 3.86. The summed E-state index contributed by atoms with van der Waals surface area (Å²) in [5, 5.41) is 0. The normalized spacial score (nSPS) is 26.1. The molecule has 5 nitrogen and oxygen atoms in total. The molecule has 1 aromatic heterocycles. The topological polar surface area (TPSA) is 43.9 Å². The number of nitrogens with zero attached hydrogens (tertiary/aromatic N) is 3. The van der Waals surface area contributed by atoms with Crippen LogP contribution >= 0.6 is 11.3 Å². The lowest BCUT2D eigenvalue weighted by atomic mass is 9.86. The molecule has 1 aromatic rings. The summed E-state index contributed by atoms with van der Waals surface area (Å²) < 4.78 is 0. The summed E-state index contributed by atoms with van der Waals surface area (Å²) in [5.74, 6) is 0.308. The van der Waals surface area contributed by atoms with Crippen LogP contribution in [0.25, 0.3) is 0 Å².